The van der Waals surface area contributed by atoms with Crippen LogP contribution >= 0.6 is 15.9 Å². The summed E-state index contributed by atoms with van der Waals surface area (Å²) in [6.45, 7) is 0. The first-order valence-electron chi connectivity index (χ1n) is 5.46. The molecule has 0 aliphatic heterocycles. The maximum atomic E-state index is 13.7. The Hall–Kier alpha value is -1.88. The van der Waals surface area contributed by atoms with Crippen LogP contribution in [0.2, 0.25) is 0 Å². The molecule has 0 bridgehead atoms. The smallest absolute Gasteiger partial charge is 0.197 e. The topological polar surface area (TPSA) is 52.3 Å². The molecule has 0 spiro atoms. The Balaban J connectivity index is 2.44. The number of rotatable bonds is 3. The number of carbonyl (C=O) groups excluding carboxylic acids is 1. The van der Waals surface area contributed by atoms with Crippen molar-refractivity contribution < 1.29 is 13.9 Å². The summed E-state index contributed by atoms with van der Waals surface area (Å²) in [4.78, 5) is 12.2. The van der Waals surface area contributed by atoms with Gasteiger partial charge in [-0.3, -0.25) is 4.79 Å². The van der Waals surface area contributed by atoms with Crippen LogP contribution < -0.4 is 10.5 Å². The number of nitrogen functional groups attached to an aromatic ring is 1. The summed E-state index contributed by atoms with van der Waals surface area (Å²) in [7, 11) is 1.53. The zero-order chi connectivity index (χ0) is 14.0. The summed E-state index contributed by atoms with van der Waals surface area (Å²) < 4.78 is 19.3. The van der Waals surface area contributed by atoms with Crippen LogP contribution in [0.5, 0.6) is 5.75 Å². The van der Waals surface area contributed by atoms with Gasteiger partial charge in [-0.25, -0.2) is 4.39 Å². The standard InChI is InChI=1S/C14H11BrFNO2/c1-19-9-3-5-10(12(15)7-9)14(18)11-4-2-8(17)6-13(11)16/h2-7H,17H2,1H3. The van der Waals surface area contributed by atoms with Crippen LogP contribution in [0.1, 0.15) is 15.9 Å². The van der Waals surface area contributed by atoms with Gasteiger partial charge in [0.15, 0.2) is 5.78 Å². The highest BCUT2D eigenvalue weighted by Crippen LogP contribution is 2.26. The van der Waals surface area contributed by atoms with Crippen LogP contribution in [0.3, 0.4) is 0 Å². The van der Waals surface area contributed by atoms with E-state index in [-0.39, 0.29) is 11.3 Å². The summed E-state index contributed by atoms with van der Waals surface area (Å²) in [5.74, 6) is -0.430. The number of anilines is 1. The van der Waals surface area contributed by atoms with Gasteiger partial charge in [0.1, 0.15) is 11.6 Å². The molecule has 2 aromatic carbocycles. The van der Waals surface area contributed by atoms with Crippen molar-refractivity contribution in [1.29, 1.82) is 0 Å². The van der Waals surface area contributed by atoms with Gasteiger partial charge >= 0.3 is 0 Å². The van der Waals surface area contributed by atoms with E-state index in [0.29, 0.717) is 15.8 Å². The van der Waals surface area contributed by atoms with E-state index in [2.05, 4.69) is 15.9 Å². The van der Waals surface area contributed by atoms with Gasteiger partial charge in [-0.1, -0.05) is 0 Å². The Labute approximate surface area is 118 Å². The van der Waals surface area contributed by atoms with Gasteiger partial charge in [0.05, 0.1) is 12.7 Å². The molecule has 0 radical (unpaired) electrons. The zero-order valence-electron chi connectivity index (χ0n) is 10.1. The molecule has 0 heterocycles. The summed E-state index contributed by atoms with van der Waals surface area (Å²) >= 11 is 3.28. The minimum atomic E-state index is -0.632. The minimum absolute atomic E-state index is 0.0138. The third-order valence-corrected chi connectivity index (χ3v) is 3.31. The average molecular weight is 324 g/mol. The lowest BCUT2D eigenvalue weighted by Gasteiger charge is -2.07. The van der Waals surface area contributed by atoms with Crippen molar-refractivity contribution >= 4 is 27.4 Å². The molecule has 0 aromatic heterocycles. The highest BCUT2D eigenvalue weighted by Gasteiger charge is 2.17. The lowest BCUT2D eigenvalue weighted by molar-refractivity contribution is 0.103. The Morgan fingerprint density at radius 3 is 2.47 bits per heavy atom. The molecule has 2 N–H and O–H groups in total. The van der Waals surface area contributed by atoms with E-state index in [1.807, 2.05) is 0 Å². The molecule has 98 valence electrons. The van der Waals surface area contributed by atoms with Crippen molar-refractivity contribution in [3.05, 3.63) is 57.8 Å². The van der Waals surface area contributed by atoms with E-state index in [4.69, 9.17) is 10.5 Å². The molecule has 0 amide bonds. The van der Waals surface area contributed by atoms with E-state index in [9.17, 15) is 9.18 Å². The maximum absolute atomic E-state index is 13.7. The fraction of sp³-hybridized carbons (Fsp3) is 0.0714. The molecular weight excluding hydrogens is 313 g/mol. The minimum Gasteiger partial charge on any atom is -0.497 e. The number of carbonyl (C=O) groups is 1. The summed E-state index contributed by atoms with van der Waals surface area (Å²) in [6, 6.07) is 8.89. The van der Waals surface area contributed by atoms with Crippen molar-refractivity contribution in [3.8, 4) is 5.75 Å². The Bertz CT molecular complexity index is 643. The first kappa shape index (κ1) is 13.5. The molecule has 2 aromatic rings. The summed E-state index contributed by atoms with van der Waals surface area (Å²) in [6.07, 6.45) is 0. The predicted molar refractivity (Wildman–Crippen MR) is 74.9 cm³/mol. The fourth-order valence-electron chi connectivity index (χ4n) is 1.67. The van der Waals surface area contributed by atoms with Crippen molar-refractivity contribution in [1.82, 2.24) is 0 Å². The number of methoxy groups -OCH3 is 1. The van der Waals surface area contributed by atoms with E-state index in [0.717, 1.165) is 6.07 Å². The number of hydrogen-bond donors (Lipinski definition) is 1. The van der Waals surface area contributed by atoms with Crippen LogP contribution in [-0.2, 0) is 0 Å². The molecule has 0 unspecified atom stereocenters. The SMILES string of the molecule is COc1ccc(C(=O)c2ccc(N)cc2F)c(Br)c1. The van der Waals surface area contributed by atoms with E-state index < -0.39 is 11.6 Å². The van der Waals surface area contributed by atoms with Gasteiger partial charge in [-0.2, -0.15) is 0 Å². The fourth-order valence-corrected chi connectivity index (χ4v) is 2.21. The van der Waals surface area contributed by atoms with Gasteiger partial charge in [0, 0.05) is 15.7 Å². The van der Waals surface area contributed by atoms with Crippen LogP contribution in [0, 0.1) is 5.82 Å². The molecule has 19 heavy (non-hydrogen) atoms. The van der Waals surface area contributed by atoms with Crippen LogP contribution in [0.15, 0.2) is 40.9 Å². The van der Waals surface area contributed by atoms with Crippen molar-refractivity contribution in [2.45, 2.75) is 0 Å². The van der Waals surface area contributed by atoms with Crippen LogP contribution in [0.25, 0.3) is 0 Å². The normalized spacial score (nSPS) is 10.3. The van der Waals surface area contributed by atoms with Crippen molar-refractivity contribution in [2.75, 3.05) is 12.8 Å². The van der Waals surface area contributed by atoms with Gasteiger partial charge in [0.25, 0.3) is 0 Å². The van der Waals surface area contributed by atoms with E-state index >= 15 is 0 Å². The number of ether oxygens (including phenoxy) is 1. The monoisotopic (exact) mass is 323 g/mol. The maximum Gasteiger partial charge on any atom is 0.197 e. The third kappa shape index (κ3) is 2.76. The molecular formula is C14H11BrFNO2. The first-order valence-corrected chi connectivity index (χ1v) is 6.25. The molecule has 0 aliphatic carbocycles. The Morgan fingerprint density at radius 1 is 1.21 bits per heavy atom. The van der Waals surface area contributed by atoms with Crippen LogP contribution in [0.4, 0.5) is 10.1 Å². The third-order valence-electron chi connectivity index (χ3n) is 2.66. The van der Waals surface area contributed by atoms with Crippen molar-refractivity contribution in [2.24, 2.45) is 0 Å². The molecule has 3 nitrogen and oxygen atoms in total. The number of nitrogens with two attached hydrogens (primary N) is 1. The van der Waals surface area contributed by atoms with Crippen molar-refractivity contribution in [3.63, 3.8) is 0 Å². The Morgan fingerprint density at radius 2 is 1.89 bits per heavy atom. The molecule has 5 heteroatoms. The largest absolute Gasteiger partial charge is 0.497 e. The highest BCUT2D eigenvalue weighted by atomic mass is 79.9. The number of ketones is 1. The predicted octanol–water partition coefficient (Wildman–Crippen LogP) is 3.41. The highest BCUT2D eigenvalue weighted by molar-refractivity contribution is 9.10. The quantitative estimate of drug-likeness (QED) is 0.695. The molecule has 0 saturated carbocycles. The lowest BCUT2D eigenvalue weighted by atomic mass is 10.0. The van der Waals surface area contributed by atoms with Gasteiger partial charge in [-0.05, 0) is 52.3 Å². The Kier molecular flexibility index (Phi) is 3.85. The second-order valence-corrected chi connectivity index (χ2v) is 4.77. The molecule has 0 saturated heterocycles. The zero-order valence-corrected chi connectivity index (χ0v) is 11.7. The van der Waals surface area contributed by atoms with E-state index in [1.165, 1.54) is 19.2 Å². The van der Waals surface area contributed by atoms with Gasteiger partial charge in [0.2, 0.25) is 0 Å². The lowest BCUT2D eigenvalue weighted by Crippen LogP contribution is -2.06. The second-order valence-electron chi connectivity index (χ2n) is 3.91. The first-order chi connectivity index (χ1) is 9.02. The summed E-state index contributed by atoms with van der Waals surface area (Å²) in [5, 5.41) is 0. The average Bonchev–Trinajstić information content (AvgIpc) is 2.37. The molecule has 2 rings (SSSR count). The van der Waals surface area contributed by atoms with Gasteiger partial charge in [-0.15, -0.1) is 0 Å². The summed E-state index contributed by atoms with van der Waals surface area (Å²) in [5.41, 5.74) is 6.09. The number of hydrogen-bond acceptors (Lipinski definition) is 3. The van der Waals surface area contributed by atoms with Crippen LogP contribution in [-0.4, -0.2) is 12.9 Å². The van der Waals surface area contributed by atoms with Gasteiger partial charge < -0.3 is 10.5 Å². The number of benzene rings is 2. The number of halogens is 2. The molecule has 0 fully saturated rings. The second kappa shape index (κ2) is 5.40. The molecule has 0 aliphatic rings. The van der Waals surface area contributed by atoms with E-state index in [1.54, 1.807) is 18.2 Å². The molecule has 0 atom stereocenters.